The lowest BCUT2D eigenvalue weighted by molar-refractivity contribution is 0.546. The third-order valence-electron chi connectivity index (χ3n) is 7.40. The highest BCUT2D eigenvalue weighted by molar-refractivity contribution is 6.08. The minimum absolute atomic E-state index is 0.682. The van der Waals surface area contributed by atoms with Crippen molar-refractivity contribution in [2.45, 2.75) is 52.9 Å². The molecule has 0 bridgehead atoms. The Hall–Kier alpha value is -3.46. The second kappa shape index (κ2) is 8.39. The van der Waals surface area contributed by atoms with Gasteiger partial charge in [-0.2, -0.15) is 0 Å². The molecule has 0 amide bonds. The molecule has 0 radical (unpaired) electrons. The number of rotatable bonds is 4. The Morgan fingerprint density at radius 1 is 0.853 bits per heavy atom. The second-order valence-corrected chi connectivity index (χ2v) is 10.0. The lowest BCUT2D eigenvalue weighted by Crippen LogP contribution is -1.99. The summed E-state index contributed by atoms with van der Waals surface area (Å²) in [6, 6.07) is 19.5. The van der Waals surface area contributed by atoms with E-state index >= 15 is 0 Å². The summed E-state index contributed by atoms with van der Waals surface area (Å²) in [5.74, 6) is 0.813. The smallest absolute Gasteiger partial charge is 0.227 e. The van der Waals surface area contributed by atoms with Gasteiger partial charge < -0.3 is 4.42 Å². The van der Waals surface area contributed by atoms with E-state index in [1.54, 1.807) is 0 Å². The van der Waals surface area contributed by atoms with Crippen molar-refractivity contribution < 1.29 is 4.42 Å². The molecule has 0 saturated heterocycles. The summed E-state index contributed by atoms with van der Waals surface area (Å²) in [6.45, 7) is 6.45. The summed E-state index contributed by atoms with van der Waals surface area (Å²) in [5.41, 5.74) is 10.8. The second-order valence-electron chi connectivity index (χ2n) is 10.0. The van der Waals surface area contributed by atoms with Gasteiger partial charge in [0.05, 0.1) is 11.4 Å². The van der Waals surface area contributed by atoms with Crippen molar-refractivity contribution in [2.24, 2.45) is 5.92 Å². The van der Waals surface area contributed by atoms with E-state index in [4.69, 9.17) is 14.4 Å². The van der Waals surface area contributed by atoms with E-state index in [9.17, 15) is 0 Å². The quantitative estimate of drug-likeness (QED) is 0.278. The minimum Gasteiger partial charge on any atom is -0.437 e. The molecule has 170 valence electrons. The van der Waals surface area contributed by atoms with Gasteiger partial charge in [-0.25, -0.2) is 4.98 Å². The lowest BCUT2D eigenvalue weighted by Gasteiger charge is -2.10. The Morgan fingerprint density at radius 2 is 1.65 bits per heavy atom. The maximum atomic E-state index is 6.43. The first-order valence-electron chi connectivity index (χ1n) is 12.4. The Bertz CT molecular complexity index is 1500. The highest BCUT2D eigenvalue weighted by Crippen LogP contribution is 2.37. The van der Waals surface area contributed by atoms with E-state index in [-0.39, 0.29) is 0 Å². The molecule has 3 heterocycles. The molecule has 0 spiro atoms. The number of fused-ring (bicyclic) bond motifs is 3. The number of aryl methyl sites for hydroxylation is 3. The van der Waals surface area contributed by atoms with E-state index in [1.165, 1.54) is 53.5 Å². The molecule has 1 saturated carbocycles. The van der Waals surface area contributed by atoms with Gasteiger partial charge in [0.15, 0.2) is 0 Å². The van der Waals surface area contributed by atoms with Crippen LogP contribution in [0, 0.1) is 26.7 Å². The van der Waals surface area contributed by atoms with Crippen LogP contribution in [0.4, 0.5) is 0 Å². The summed E-state index contributed by atoms with van der Waals surface area (Å²) < 4.78 is 6.43. The van der Waals surface area contributed by atoms with Gasteiger partial charge in [0.25, 0.3) is 0 Å². The monoisotopic (exact) mass is 446 g/mol. The number of benzene rings is 2. The molecule has 3 aromatic heterocycles. The zero-order valence-electron chi connectivity index (χ0n) is 20.2. The van der Waals surface area contributed by atoms with Crippen LogP contribution in [0.1, 0.15) is 47.9 Å². The van der Waals surface area contributed by atoms with Gasteiger partial charge >= 0.3 is 0 Å². The summed E-state index contributed by atoms with van der Waals surface area (Å²) in [4.78, 5) is 9.69. The number of para-hydroxylation sites is 1. The molecule has 1 aliphatic carbocycles. The molecule has 0 N–H and O–H groups in total. The average Bonchev–Trinajstić information content (AvgIpc) is 3.45. The van der Waals surface area contributed by atoms with E-state index < -0.39 is 0 Å². The zero-order chi connectivity index (χ0) is 23.2. The van der Waals surface area contributed by atoms with Gasteiger partial charge in [0.1, 0.15) is 5.58 Å². The normalized spacial score (nSPS) is 14.4. The summed E-state index contributed by atoms with van der Waals surface area (Å²) in [7, 11) is 0. The Labute approximate surface area is 200 Å². The molecule has 0 unspecified atom stereocenters. The lowest BCUT2D eigenvalue weighted by atomic mass is 9.96. The molecule has 6 rings (SSSR count). The van der Waals surface area contributed by atoms with E-state index in [0.717, 1.165) is 45.6 Å². The average molecular weight is 447 g/mol. The predicted molar refractivity (Wildman–Crippen MR) is 140 cm³/mol. The van der Waals surface area contributed by atoms with Gasteiger partial charge in [0.2, 0.25) is 5.71 Å². The van der Waals surface area contributed by atoms with Gasteiger partial charge in [-0.15, -0.1) is 0 Å². The number of hydrogen-bond donors (Lipinski definition) is 0. The molecule has 3 nitrogen and oxygen atoms in total. The number of pyridine rings is 2. The number of aromatic nitrogens is 2. The number of furan rings is 1. The number of nitrogens with zero attached hydrogens (tertiary/aromatic N) is 2. The first-order valence-corrected chi connectivity index (χ1v) is 12.4. The van der Waals surface area contributed by atoms with E-state index in [1.807, 2.05) is 6.20 Å². The topological polar surface area (TPSA) is 38.9 Å². The molecular formula is C31H30N2O. The van der Waals surface area contributed by atoms with Crippen molar-refractivity contribution in [3.8, 4) is 22.5 Å². The molecule has 2 aromatic carbocycles. The SMILES string of the molecule is Cc1cc(C)c(-c2ccc3c(n2)oc2c(-c4cc(CC5CCCC5)ccn4)cccc23)c(C)c1. The Kier molecular flexibility index (Phi) is 5.21. The molecule has 0 aliphatic heterocycles. The van der Waals surface area contributed by atoms with Gasteiger partial charge in [-0.3, -0.25) is 4.98 Å². The Balaban J connectivity index is 1.45. The zero-order valence-corrected chi connectivity index (χ0v) is 20.2. The van der Waals surface area contributed by atoms with Crippen LogP contribution in [0.5, 0.6) is 0 Å². The molecule has 0 atom stereocenters. The molecule has 1 fully saturated rings. The fourth-order valence-electron chi connectivity index (χ4n) is 5.90. The van der Waals surface area contributed by atoms with Crippen LogP contribution in [-0.2, 0) is 6.42 Å². The minimum atomic E-state index is 0.682. The first kappa shape index (κ1) is 21.1. The number of hydrogen-bond acceptors (Lipinski definition) is 3. The first-order chi connectivity index (χ1) is 16.6. The van der Waals surface area contributed by atoms with Crippen molar-refractivity contribution >= 4 is 22.1 Å². The molecular weight excluding hydrogens is 416 g/mol. The fourth-order valence-corrected chi connectivity index (χ4v) is 5.90. The highest BCUT2D eigenvalue weighted by Gasteiger charge is 2.18. The standard InChI is InChI=1S/C31H30N2O/c1-19-15-20(2)29(21(3)16-19)27-12-11-25-24-9-6-10-26(30(24)34-31(25)33-27)28-18-23(13-14-32-28)17-22-7-4-5-8-22/h6,9-16,18,22H,4-5,7-8,17H2,1-3H3. The van der Waals surface area contributed by atoms with Crippen LogP contribution < -0.4 is 0 Å². The van der Waals surface area contributed by atoms with Crippen molar-refractivity contribution in [2.75, 3.05) is 0 Å². The van der Waals surface area contributed by atoms with Crippen LogP contribution in [0.15, 0.2) is 65.2 Å². The van der Waals surface area contributed by atoms with E-state index in [2.05, 4.69) is 75.4 Å². The maximum absolute atomic E-state index is 6.43. The van der Waals surface area contributed by atoms with Crippen LogP contribution in [0.25, 0.3) is 44.6 Å². The van der Waals surface area contributed by atoms with E-state index in [0.29, 0.717) is 5.71 Å². The van der Waals surface area contributed by atoms with Gasteiger partial charge in [-0.1, -0.05) is 55.5 Å². The Morgan fingerprint density at radius 3 is 2.44 bits per heavy atom. The molecule has 5 aromatic rings. The van der Waals surface area contributed by atoms with Crippen LogP contribution in [0.3, 0.4) is 0 Å². The van der Waals surface area contributed by atoms with Crippen molar-refractivity contribution in [1.82, 2.24) is 9.97 Å². The predicted octanol–water partition coefficient (Wildman–Crippen LogP) is 8.37. The summed E-state index contributed by atoms with van der Waals surface area (Å²) >= 11 is 0. The van der Waals surface area contributed by atoms with Crippen molar-refractivity contribution in [3.63, 3.8) is 0 Å². The van der Waals surface area contributed by atoms with Crippen molar-refractivity contribution in [3.05, 3.63) is 83.0 Å². The third-order valence-corrected chi connectivity index (χ3v) is 7.40. The molecule has 1 aliphatic rings. The van der Waals surface area contributed by atoms with Gasteiger partial charge in [-0.05, 0) is 80.1 Å². The largest absolute Gasteiger partial charge is 0.437 e. The maximum Gasteiger partial charge on any atom is 0.227 e. The van der Waals surface area contributed by atoms with Gasteiger partial charge in [0, 0.05) is 28.1 Å². The van der Waals surface area contributed by atoms with Crippen LogP contribution >= 0.6 is 0 Å². The summed E-state index contributed by atoms with van der Waals surface area (Å²) in [6.07, 6.45) is 8.54. The molecule has 34 heavy (non-hydrogen) atoms. The van der Waals surface area contributed by atoms with Crippen LogP contribution in [-0.4, -0.2) is 9.97 Å². The van der Waals surface area contributed by atoms with Crippen molar-refractivity contribution in [1.29, 1.82) is 0 Å². The fraction of sp³-hybridized carbons (Fsp3) is 0.290. The highest BCUT2D eigenvalue weighted by atomic mass is 16.3. The summed E-state index contributed by atoms with van der Waals surface area (Å²) in [5, 5.41) is 2.14. The molecule has 3 heteroatoms. The third kappa shape index (κ3) is 3.69. The van der Waals surface area contributed by atoms with Crippen LogP contribution in [0.2, 0.25) is 0 Å².